The fraction of sp³-hybridized carbons (Fsp3) is 1.00. The number of nitrogens with one attached hydrogen (secondary N) is 1. The molecule has 1 unspecified atom stereocenters. The van der Waals surface area contributed by atoms with Gasteiger partial charge in [0.25, 0.3) is 0 Å². The Morgan fingerprint density at radius 1 is 0.850 bits per heavy atom. The van der Waals surface area contributed by atoms with Crippen LogP contribution >= 0.6 is 0 Å². The van der Waals surface area contributed by atoms with Crippen molar-refractivity contribution >= 4 is 0 Å². The molecule has 118 valence electrons. The first-order valence-corrected chi connectivity index (χ1v) is 9.30. The van der Waals surface area contributed by atoms with Gasteiger partial charge in [-0.25, -0.2) is 0 Å². The average molecular weight is 280 g/mol. The lowest BCUT2D eigenvalue weighted by Gasteiger charge is -2.32. The Morgan fingerprint density at radius 2 is 1.60 bits per heavy atom. The lowest BCUT2D eigenvalue weighted by Crippen LogP contribution is -2.41. The van der Waals surface area contributed by atoms with Crippen molar-refractivity contribution < 1.29 is 0 Å². The van der Waals surface area contributed by atoms with Gasteiger partial charge in [0.05, 0.1) is 0 Å². The lowest BCUT2D eigenvalue weighted by atomic mass is 9.83. The van der Waals surface area contributed by atoms with E-state index in [1.807, 2.05) is 0 Å². The van der Waals surface area contributed by atoms with Crippen LogP contribution in [-0.2, 0) is 0 Å². The zero-order chi connectivity index (χ0) is 14.2. The van der Waals surface area contributed by atoms with Crippen LogP contribution in [0.2, 0.25) is 0 Å². The summed E-state index contributed by atoms with van der Waals surface area (Å²) in [5.74, 6) is 1.03. The van der Waals surface area contributed by atoms with E-state index in [9.17, 15) is 0 Å². The van der Waals surface area contributed by atoms with E-state index in [0.29, 0.717) is 0 Å². The van der Waals surface area contributed by atoms with Gasteiger partial charge in [0.15, 0.2) is 0 Å². The molecule has 2 rings (SSSR count). The summed E-state index contributed by atoms with van der Waals surface area (Å²) >= 11 is 0. The number of nitrogens with zero attached hydrogens (tertiary/aromatic N) is 1. The fourth-order valence-corrected chi connectivity index (χ4v) is 4.22. The van der Waals surface area contributed by atoms with Gasteiger partial charge < -0.3 is 10.2 Å². The summed E-state index contributed by atoms with van der Waals surface area (Å²) in [5, 5.41) is 4.00. The topological polar surface area (TPSA) is 15.3 Å². The molecule has 1 heterocycles. The second-order valence-corrected chi connectivity index (χ2v) is 7.14. The quantitative estimate of drug-likeness (QED) is 0.784. The van der Waals surface area contributed by atoms with Gasteiger partial charge in [-0.3, -0.25) is 0 Å². The molecular formula is C18H36N2. The maximum Gasteiger partial charge on any atom is 0.00823 e. The molecule has 2 heteroatoms. The highest BCUT2D eigenvalue weighted by molar-refractivity contribution is 4.82. The van der Waals surface area contributed by atoms with Crippen LogP contribution < -0.4 is 5.32 Å². The van der Waals surface area contributed by atoms with Gasteiger partial charge >= 0.3 is 0 Å². The molecule has 2 aliphatic rings. The molecule has 0 bridgehead atoms. The first-order chi connectivity index (χ1) is 9.81. The predicted molar refractivity (Wildman–Crippen MR) is 88.2 cm³/mol. The van der Waals surface area contributed by atoms with Crippen LogP contribution in [0.15, 0.2) is 0 Å². The summed E-state index contributed by atoms with van der Waals surface area (Å²) in [4.78, 5) is 2.67. The van der Waals surface area contributed by atoms with Crippen molar-refractivity contribution in [2.75, 3.05) is 19.6 Å². The third-order valence-corrected chi connectivity index (χ3v) is 5.38. The Hall–Kier alpha value is -0.0800. The lowest BCUT2D eigenvalue weighted by molar-refractivity contribution is 0.251. The number of hydrogen-bond acceptors (Lipinski definition) is 2. The van der Waals surface area contributed by atoms with Crippen LogP contribution in [0.3, 0.4) is 0 Å². The van der Waals surface area contributed by atoms with Crippen LogP contribution in [0.5, 0.6) is 0 Å². The number of likely N-dealkylation sites (tertiary alicyclic amines) is 1. The van der Waals surface area contributed by atoms with Crippen molar-refractivity contribution in [3.8, 4) is 0 Å². The molecule has 1 saturated heterocycles. The molecule has 0 aromatic rings. The number of hydrogen-bond donors (Lipinski definition) is 1. The normalized spacial score (nSPS) is 33.0. The summed E-state index contributed by atoms with van der Waals surface area (Å²) < 4.78 is 0. The highest BCUT2D eigenvalue weighted by Gasteiger charge is 2.24. The monoisotopic (exact) mass is 280 g/mol. The molecule has 1 aliphatic carbocycles. The van der Waals surface area contributed by atoms with Crippen molar-refractivity contribution in [3.05, 3.63) is 0 Å². The van der Waals surface area contributed by atoms with E-state index >= 15 is 0 Å². The van der Waals surface area contributed by atoms with Gasteiger partial charge in [-0.15, -0.1) is 0 Å². The molecule has 0 spiro atoms. The van der Waals surface area contributed by atoms with Gasteiger partial charge in [-0.05, 0) is 76.9 Å². The van der Waals surface area contributed by atoms with Crippen LogP contribution in [-0.4, -0.2) is 36.6 Å². The largest absolute Gasteiger partial charge is 0.311 e. The third-order valence-electron chi connectivity index (χ3n) is 5.38. The Morgan fingerprint density at radius 3 is 2.30 bits per heavy atom. The second kappa shape index (κ2) is 9.04. The highest BCUT2D eigenvalue weighted by atomic mass is 15.1. The van der Waals surface area contributed by atoms with Crippen LogP contribution in [0, 0.1) is 5.92 Å². The van der Waals surface area contributed by atoms with Gasteiger partial charge in [-0.1, -0.05) is 26.7 Å². The van der Waals surface area contributed by atoms with Gasteiger partial charge in [0.2, 0.25) is 0 Å². The standard InChI is InChI=1S/C18H36N2/c1-3-6-16-8-10-18(11-9-16)19-17-7-5-14-20(13-4-2)15-12-17/h16-19H,3-15H2,1-2H3. The van der Waals surface area contributed by atoms with E-state index in [4.69, 9.17) is 0 Å². The van der Waals surface area contributed by atoms with E-state index in [-0.39, 0.29) is 0 Å². The molecule has 2 fully saturated rings. The molecule has 1 N–H and O–H groups in total. The molecule has 0 radical (unpaired) electrons. The Kier molecular flexibility index (Phi) is 7.37. The first-order valence-electron chi connectivity index (χ1n) is 9.30. The van der Waals surface area contributed by atoms with Gasteiger partial charge in [0.1, 0.15) is 0 Å². The maximum absolute atomic E-state index is 4.00. The minimum Gasteiger partial charge on any atom is -0.311 e. The van der Waals surface area contributed by atoms with Crippen molar-refractivity contribution in [1.82, 2.24) is 10.2 Å². The third kappa shape index (κ3) is 5.37. The average Bonchev–Trinajstić information content (AvgIpc) is 2.68. The summed E-state index contributed by atoms with van der Waals surface area (Å²) in [5.41, 5.74) is 0. The van der Waals surface area contributed by atoms with Crippen LogP contribution in [0.4, 0.5) is 0 Å². The SMILES string of the molecule is CCCC1CCC(NC2CCCN(CCC)CC2)CC1. The molecule has 0 aromatic carbocycles. The van der Waals surface area contributed by atoms with Crippen LogP contribution in [0.25, 0.3) is 0 Å². The summed E-state index contributed by atoms with van der Waals surface area (Å²) in [7, 11) is 0. The zero-order valence-corrected chi connectivity index (χ0v) is 13.9. The molecule has 0 amide bonds. The summed E-state index contributed by atoms with van der Waals surface area (Å²) in [6, 6.07) is 1.62. The van der Waals surface area contributed by atoms with E-state index in [2.05, 4.69) is 24.1 Å². The minimum absolute atomic E-state index is 0.796. The smallest absolute Gasteiger partial charge is 0.00823 e. The zero-order valence-electron chi connectivity index (χ0n) is 13.9. The van der Waals surface area contributed by atoms with E-state index in [1.165, 1.54) is 83.8 Å². The Labute approximate surface area is 126 Å². The molecular weight excluding hydrogens is 244 g/mol. The van der Waals surface area contributed by atoms with Crippen molar-refractivity contribution in [2.45, 2.75) is 90.1 Å². The molecule has 20 heavy (non-hydrogen) atoms. The molecule has 0 aromatic heterocycles. The fourth-order valence-electron chi connectivity index (χ4n) is 4.22. The van der Waals surface area contributed by atoms with Crippen molar-refractivity contribution in [3.63, 3.8) is 0 Å². The van der Waals surface area contributed by atoms with E-state index in [0.717, 1.165) is 18.0 Å². The molecule has 1 saturated carbocycles. The molecule has 1 aliphatic heterocycles. The van der Waals surface area contributed by atoms with Gasteiger partial charge in [-0.2, -0.15) is 0 Å². The predicted octanol–water partition coefficient (Wildman–Crippen LogP) is 4.20. The van der Waals surface area contributed by atoms with Crippen LogP contribution in [0.1, 0.15) is 78.1 Å². The van der Waals surface area contributed by atoms with Gasteiger partial charge in [0, 0.05) is 12.1 Å². The minimum atomic E-state index is 0.796. The van der Waals surface area contributed by atoms with Crippen molar-refractivity contribution in [2.24, 2.45) is 5.92 Å². The number of rotatable bonds is 6. The Balaban J connectivity index is 1.66. The first kappa shape index (κ1) is 16.3. The summed E-state index contributed by atoms with van der Waals surface area (Å²) in [6.45, 7) is 8.58. The maximum atomic E-state index is 4.00. The van der Waals surface area contributed by atoms with E-state index < -0.39 is 0 Å². The Bertz CT molecular complexity index is 246. The highest BCUT2D eigenvalue weighted by Crippen LogP contribution is 2.28. The van der Waals surface area contributed by atoms with E-state index in [1.54, 1.807) is 0 Å². The molecule has 1 atom stereocenters. The molecule has 2 nitrogen and oxygen atoms in total. The van der Waals surface area contributed by atoms with Crippen molar-refractivity contribution in [1.29, 1.82) is 0 Å². The second-order valence-electron chi connectivity index (χ2n) is 7.14. The summed E-state index contributed by atoms with van der Waals surface area (Å²) in [6.07, 6.45) is 14.1.